The fraction of sp³-hybridized carbons (Fsp3) is 0.375. The van der Waals surface area contributed by atoms with Gasteiger partial charge >= 0.3 is 0 Å². The number of alkyl halides is 2. The van der Waals surface area contributed by atoms with Crippen LogP contribution in [-0.4, -0.2) is 13.0 Å². The van der Waals surface area contributed by atoms with Gasteiger partial charge in [-0.05, 0) is 38.9 Å². The molecule has 0 radical (unpaired) electrons. The number of rotatable bonds is 6. The predicted molar refractivity (Wildman–Crippen MR) is 81.6 cm³/mol. The molecule has 0 atom stereocenters. The number of nitrogens with one attached hydrogen (secondary N) is 1. The molecule has 2 aromatic rings. The molecule has 2 rings (SSSR count). The highest BCUT2D eigenvalue weighted by Crippen LogP contribution is 2.28. The van der Waals surface area contributed by atoms with E-state index < -0.39 is 6.43 Å². The standard InChI is InChI=1S/C16H19F2NS/c1-11(2)12-3-5-13(6-4-12)15-10-20-9-14(15)7-19-8-16(17)18/h3-6,9-11,16,19H,7-8H2,1-2H3. The molecule has 0 saturated heterocycles. The van der Waals surface area contributed by atoms with Gasteiger partial charge in [-0.3, -0.25) is 0 Å². The molecule has 1 heterocycles. The van der Waals surface area contributed by atoms with Gasteiger partial charge in [-0.25, -0.2) is 8.78 Å². The van der Waals surface area contributed by atoms with Crippen LogP contribution in [0.25, 0.3) is 11.1 Å². The predicted octanol–water partition coefficient (Wildman–Crippen LogP) is 4.89. The summed E-state index contributed by atoms with van der Waals surface area (Å²) in [5, 5.41) is 6.87. The molecule has 0 fully saturated rings. The van der Waals surface area contributed by atoms with E-state index in [-0.39, 0.29) is 6.54 Å². The zero-order valence-corrected chi connectivity index (χ0v) is 12.5. The van der Waals surface area contributed by atoms with Crippen molar-refractivity contribution in [1.29, 1.82) is 0 Å². The summed E-state index contributed by atoms with van der Waals surface area (Å²) in [7, 11) is 0. The summed E-state index contributed by atoms with van der Waals surface area (Å²) in [5.41, 5.74) is 4.66. The minimum Gasteiger partial charge on any atom is -0.307 e. The summed E-state index contributed by atoms with van der Waals surface area (Å²) in [6, 6.07) is 8.48. The Morgan fingerprint density at radius 2 is 1.80 bits per heavy atom. The normalized spacial score (nSPS) is 11.5. The van der Waals surface area contributed by atoms with Crippen LogP contribution in [0.15, 0.2) is 35.0 Å². The molecular weight excluding hydrogens is 276 g/mol. The Hall–Kier alpha value is -1.26. The van der Waals surface area contributed by atoms with Crippen LogP contribution < -0.4 is 5.32 Å². The van der Waals surface area contributed by atoms with Crippen molar-refractivity contribution in [2.45, 2.75) is 32.7 Å². The van der Waals surface area contributed by atoms with Crippen LogP contribution in [-0.2, 0) is 6.54 Å². The highest BCUT2D eigenvalue weighted by molar-refractivity contribution is 7.08. The molecule has 1 nitrogen and oxygen atoms in total. The third-order valence-corrected chi connectivity index (χ3v) is 4.04. The lowest BCUT2D eigenvalue weighted by molar-refractivity contribution is 0.145. The molecule has 0 saturated carbocycles. The van der Waals surface area contributed by atoms with Crippen molar-refractivity contribution < 1.29 is 8.78 Å². The Morgan fingerprint density at radius 1 is 1.10 bits per heavy atom. The van der Waals surface area contributed by atoms with Gasteiger partial charge in [0.15, 0.2) is 0 Å². The van der Waals surface area contributed by atoms with E-state index in [9.17, 15) is 8.78 Å². The second-order valence-electron chi connectivity index (χ2n) is 5.11. The Kier molecular flexibility index (Phi) is 5.26. The van der Waals surface area contributed by atoms with Gasteiger partial charge in [0, 0.05) is 6.54 Å². The number of halogens is 2. The average molecular weight is 295 g/mol. The summed E-state index contributed by atoms with van der Waals surface area (Å²) < 4.78 is 24.3. The lowest BCUT2D eigenvalue weighted by Crippen LogP contribution is -2.20. The quantitative estimate of drug-likeness (QED) is 0.800. The summed E-state index contributed by atoms with van der Waals surface area (Å²) in [4.78, 5) is 0. The smallest absolute Gasteiger partial charge is 0.250 e. The molecule has 0 aliphatic heterocycles. The molecule has 0 bridgehead atoms. The van der Waals surface area contributed by atoms with Gasteiger partial charge < -0.3 is 5.32 Å². The van der Waals surface area contributed by atoms with Crippen molar-refractivity contribution in [2.24, 2.45) is 0 Å². The lowest BCUT2D eigenvalue weighted by atomic mass is 9.98. The highest BCUT2D eigenvalue weighted by atomic mass is 32.1. The second-order valence-corrected chi connectivity index (χ2v) is 5.85. The van der Waals surface area contributed by atoms with Crippen molar-refractivity contribution in [1.82, 2.24) is 5.32 Å². The summed E-state index contributed by atoms with van der Waals surface area (Å²) in [6.45, 7) is 4.55. The van der Waals surface area contributed by atoms with E-state index in [4.69, 9.17) is 0 Å². The Labute approximate surface area is 122 Å². The van der Waals surface area contributed by atoms with Crippen molar-refractivity contribution in [3.63, 3.8) is 0 Å². The lowest BCUT2D eigenvalue weighted by Gasteiger charge is -2.09. The molecular formula is C16H19F2NS. The third kappa shape index (κ3) is 3.87. The molecule has 1 N–H and O–H groups in total. The van der Waals surface area contributed by atoms with Gasteiger partial charge in [-0.15, -0.1) is 0 Å². The SMILES string of the molecule is CC(C)c1ccc(-c2cscc2CNCC(F)F)cc1. The fourth-order valence-electron chi connectivity index (χ4n) is 2.08. The Bertz CT molecular complexity index is 532. The minimum atomic E-state index is -2.30. The molecule has 1 aromatic carbocycles. The number of hydrogen-bond donors (Lipinski definition) is 1. The van der Waals surface area contributed by atoms with Crippen LogP contribution in [0.2, 0.25) is 0 Å². The number of hydrogen-bond acceptors (Lipinski definition) is 2. The first-order valence-corrected chi connectivity index (χ1v) is 7.66. The largest absolute Gasteiger partial charge is 0.307 e. The van der Waals surface area contributed by atoms with Gasteiger partial charge in [0.05, 0.1) is 6.54 Å². The maximum atomic E-state index is 12.1. The molecule has 20 heavy (non-hydrogen) atoms. The van der Waals surface area contributed by atoms with Crippen LogP contribution in [0.4, 0.5) is 8.78 Å². The van der Waals surface area contributed by atoms with Crippen LogP contribution in [0.3, 0.4) is 0 Å². The van der Waals surface area contributed by atoms with Crippen LogP contribution >= 0.6 is 11.3 Å². The van der Waals surface area contributed by atoms with Crippen molar-refractivity contribution in [2.75, 3.05) is 6.54 Å². The zero-order chi connectivity index (χ0) is 14.5. The van der Waals surface area contributed by atoms with Gasteiger partial charge in [-0.2, -0.15) is 11.3 Å². The van der Waals surface area contributed by atoms with E-state index >= 15 is 0 Å². The van der Waals surface area contributed by atoms with E-state index in [1.54, 1.807) is 11.3 Å². The molecule has 0 aliphatic rings. The maximum Gasteiger partial charge on any atom is 0.250 e. The summed E-state index contributed by atoms with van der Waals surface area (Å²) >= 11 is 1.60. The van der Waals surface area contributed by atoms with Crippen molar-refractivity contribution in [3.8, 4) is 11.1 Å². The zero-order valence-electron chi connectivity index (χ0n) is 11.7. The number of benzene rings is 1. The first kappa shape index (κ1) is 15.1. The van der Waals surface area contributed by atoms with Crippen molar-refractivity contribution >= 4 is 11.3 Å². The molecule has 0 amide bonds. The molecule has 0 unspecified atom stereocenters. The van der Waals surface area contributed by atoms with Crippen LogP contribution in [0.5, 0.6) is 0 Å². The average Bonchev–Trinajstić information content (AvgIpc) is 2.87. The maximum absolute atomic E-state index is 12.1. The van der Waals surface area contributed by atoms with E-state index in [0.29, 0.717) is 12.5 Å². The fourth-order valence-corrected chi connectivity index (χ4v) is 2.94. The van der Waals surface area contributed by atoms with Gasteiger partial charge in [0.2, 0.25) is 0 Å². The van der Waals surface area contributed by atoms with E-state index in [1.807, 2.05) is 5.38 Å². The second kappa shape index (κ2) is 6.95. The Morgan fingerprint density at radius 3 is 2.40 bits per heavy atom. The third-order valence-electron chi connectivity index (χ3n) is 3.24. The molecule has 0 aliphatic carbocycles. The monoisotopic (exact) mass is 295 g/mol. The molecule has 108 valence electrons. The molecule has 1 aromatic heterocycles. The first-order valence-electron chi connectivity index (χ1n) is 6.72. The van der Waals surface area contributed by atoms with E-state index in [2.05, 4.69) is 48.8 Å². The topological polar surface area (TPSA) is 12.0 Å². The minimum absolute atomic E-state index is 0.262. The van der Waals surface area contributed by atoms with Crippen molar-refractivity contribution in [3.05, 3.63) is 46.2 Å². The Balaban J connectivity index is 2.10. The molecule has 4 heteroatoms. The summed E-state index contributed by atoms with van der Waals surface area (Å²) in [6.07, 6.45) is -2.30. The van der Waals surface area contributed by atoms with Crippen LogP contribution in [0, 0.1) is 0 Å². The highest BCUT2D eigenvalue weighted by Gasteiger charge is 2.08. The van der Waals surface area contributed by atoms with Gasteiger partial charge in [0.25, 0.3) is 6.43 Å². The molecule has 0 spiro atoms. The van der Waals surface area contributed by atoms with Gasteiger partial charge in [-0.1, -0.05) is 38.1 Å². The van der Waals surface area contributed by atoms with E-state index in [0.717, 1.165) is 16.7 Å². The number of thiophene rings is 1. The summed E-state index contributed by atoms with van der Waals surface area (Å²) in [5.74, 6) is 0.513. The van der Waals surface area contributed by atoms with E-state index in [1.165, 1.54) is 5.56 Å². The first-order chi connectivity index (χ1) is 9.58. The van der Waals surface area contributed by atoms with Crippen LogP contribution in [0.1, 0.15) is 30.9 Å². The van der Waals surface area contributed by atoms with Gasteiger partial charge in [0.1, 0.15) is 0 Å².